The molecule has 1 atom stereocenters. The minimum Gasteiger partial charge on any atom is -0.493 e. The van der Waals surface area contributed by atoms with Gasteiger partial charge in [-0.3, -0.25) is 4.79 Å². The molecule has 0 bridgehead atoms. The molecule has 0 aliphatic heterocycles. The van der Waals surface area contributed by atoms with Gasteiger partial charge >= 0.3 is 12.6 Å². The molecule has 2 aromatic rings. The van der Waals surface area contributed by atoms with Gasteiger partial charge in [-0.2, -0.15) is 8.78 Å². The molecule has 0 spiro atoms. The Balaban J connectivity index is 1.96. The van der Waals surface area contributed by atoms with E-state index in [4.69, 9.17) is 9.47 Å². The summed E-state index contributed by atoms with van der Waals surface area (Å²) in [5.74, 6) is -1.49. The van der Waals surface area contributed by atoms with E-state index in [-0.39, 0.29) is 17.1 Å². The fourth-order valence-electron chi connectivity index (χ4n) is 2.00. The van der Waals surface area contributed by atoms with Crippen molar-refractivity contribution in [3.8, 4) is 11.5 Å². The minimum absolute atomic E-state index is 0.0429. The van der Waals surface area contributed by atoms with E-state index in [0.717, 1.165) is 4.88 Å². The van der Waals surface area contributed by atoms with Crippen LogP contribution in [0.4, 0.5) is 8.78 Å². The van der Waals surface area contributed by atoms with Gasteiger partial charge in [-0.05, 0) is 36.6 Å². The van der Waals surface area contributed by atoms with Gasteiger partial charge in [-0.15, -0.1) is 11.3 Å². The highest BCUT2D eigenvalue weighted by Crippen LogP contribution is 2.29. The third-order valence-electron chi connectivity index (χ3n) is 3.29. The molecule has 2 rings (SSSR count). The average molecular weight is 385 g/mol. The van der Waals surface area contributed by atoms with Crippen LogP contribution in [0.1, 0.15) is 22.2 Å². The Labute approximate surface area is 152 Å². The maximum Gasteiger partial charge on any atom is 0.387 e. The molecule has 26 heavy (non-hydrogen) atoms. The van der Waals surface area contributed by atoms with Crippen LogP contribution in [-0.4, -0.2) is 31.7 Å². The molecule has 0 unspecified atom stereocenters. The first-order chi connectivity index (χ1) is 12.4. The Hall–Kier alpha value is -2.68. The number of carbonyl (C=O) groups is 2. The summed E-state index contributed by atoms with van der Waals surface area (Å²) < 4.78 is 38.9. The molecule has 0 aliphatic carbocycles. The van der Waals surface area contributed by atoms with E-state index in [1.807, 2.05) is 17.5 Å². The second-order valence-corrected chi connectivity index (χ2v) is 6.12. The van der Waals surface area contributed by atoms with Crippen LogP contribution in [0.5, 0.6) is 11.5 Å². The molecule has 1 amide bonds. The Morgan fingerprint density at radius 3 is 2.62 bits per heavy atom. The number of rotatable bonds is 8. The summed E-state index contributed by atoms with van der Waals surface area (Å²) in [6.45, 7) is -1.24. The molecule has 0 radical (unpaired) electrons. The van der Waals surface area contributed by atoms with Gasteiger partial charge in [0.2, 0.25) is 0 Å². The van der Waals surface area contributed by atoms with Crippen LogP contribution in [0.15, 0.2) is 35.7 Å². The summed E-state index contributed by atoms with van der Waals surface area (Å²) in [7, 11) is 1.25. The van der Waals surface area contributed by atoms with Crippen molar-refractivity contribution in [2.45, 2.75) is 26.2 Å². The fraction of sp³-hybridized carbons (Fsp3) is 0.294. The number of halogens is 2. The van der Waals surface area contributed by atoms with E-state index >= 15 is 0 Å². The van der Waals surface area contributed by atoms with E-state index in [1.165, 1.54) is 43.6 Å². The third-order valence-corrected chi connectivity index (χ3v) is 4.16. The predicted octanol–water partition coefficient (Wildman–Crippen LogP) is 3.22. The van der Waals surface area contributed by atoms with E-state index < -0.39 is 24.6 Å². The van der Waals surface area contributed by atoms with Crippen molar-refractivity contribution in [1.29, 1.82) is 0 Å². The molecule has 6 nitrogen and oxygen atoms in total. The van der Waals surface area contributed by atoms with Gasteiger partial charge in [-0.25, -0.2) is 4.79 Å². The highest BCUT2D eigenvalue weighted by molar-refractivity contribution is 7.09. The van der Waals surface area contributed by atoms with Gasteiger partial charge in [0, 0.05) is 4.88 Å². The standard InChI is InChI=1S/C17H17F2NO5S/c1-10(15(21)20-9-12-4-3-7-26-12)24-16(22)11-5-6-13(25-17(18)19)14(8-11)23-2/h3-8,10,17H,9H2,1-2H3,(H,20,21)/t10-/m1/s1. The topological polar surface area (TPSA) is 73.9 Å². The molecule has 140 valence electrons. The monoisotopic (exact) mass is 385 g/mol. The van der Waals surface area contributed by atoms with Crippen LogP contribution < -0.4 is 14.8 Å². The fourth-order valence-corrected chi connectivity index (χ4v) is 2.65. The maximum atomic E-state index is 12.3. The molecular formula is C17H17F2NO5S. The Bertz CT molecular complexity index is 752. The first-order valence-electron chi connectivity index (χ1n) is 7.54. The summed E-state index contributed by atoms with van der Waals surface area (Å²) in [5.41, 5.74) is 0.0429. The van der Waals surface area contributed by atoms with Crippen LogP contribution in [0, 0.1) is 0 Å². The molecule has 0 fully saturated rings. The minimum atomic E-state index is -3.02. The first-order valence-corrected chi connectivity index (χ1v) is 8.42. The lowest BCUT2D eigenvalue weighted by Crippen LogP contribution is -2.35. The zero-order valence-corrected chi connectivity index (χ0v) is 14.8. The number of benzene rings is 1. The lowest BCUT2D eigenvalue weighted by molar-refractivity contribution is -0.129. The highest BCUT2D eigenvalue weighted by atomic mass is 32.1. The predicted molar refractivity (Wildman–Crippen MR) is 90.7 cm³/mol. The van der Waals surface area contributed by atoms with Gasteiger partial charge in [0.15, 0.2) is 17.6 Å². The van der Waals surface area contributed by atoms with Crippen molar-refractivity contribution in [3.05, 3.63) is 46.2 Å². The normalized spacial score (nSPS) is 11.7. The van der Waals surface area contributed by atoms with Crippen molar-refractivity contribution >= 4 is 23.2 Å². The number of ether oxygens (including phenoxy) is 3. The molecule has 0 saturated carbocycles. The summed E-state index contributed by atoms with van der Waals surface area (Å²) in [5, 5.41) is 4.55. The maximum absolute atomic E-state index is 12.3. The lowest BCUT2D eigenvalue weighted by atomic mass is 10.2. The Morgan fingerprint density at radius 2 is 2.00 bits per heavy atom. The SMILES string of the molecule is COc1cc(C(=O)O[C@H](C)C(=O)NCc2cccs2)ccc1OC(F)F. The second kappa shape index (κ2) is 9.14. The number of amides is 1. The molecule has 1 heterocycles. The average Bonchev–Trinajstić information content (AvgIpc) is 3.12. The first kappa shape index (κ1) is 19.6. The second-order valence-electron chi connectivity index (χ2n) is 5.09. The Kier molecular flexibility index (Phi) is 6.90. The number of methoxy groups -OCH3 is 1. The quantitative estimate of drug-likeness (QED) is 0.707. The molecule has 1 aromatic heterocycles. The van der Waals surface area contributed by atoms with E-state index in [1.54, 1.807) is 0 Å². The number of hydrogen-bond donors (Lipinski definition) is 1. The number of thiophene rings is 1. The zero-order valence-electron chi connectivity index (χ0n) is 14.0. The van der Waals surface area contributed by atoms with Crippen LogP contribution >= 0.6 is 11.3 Å². The zero-order chi connectivity index (χ0) is 19.1. The van der Waals surface area contributed by atoms with Gasteiger partial charge < -0.3 is 19.5 Å². The van der Waals surface area contributed by atoms with Crippen molar-refractivity contribution in [2.24, 2.45) is 0 Å². The van der Waals surface area contributed by atoms with Crippen molar-refractivity contribution in [1.82, 2.24) is 5.32 Å². The number of alkyl halides is 2. The molecular weight excluding hydrogens is 368 g/mol. The molecule has 0 saturated heterocycles. The summed E-state index contributed by atoms with van der Waals surface area (Å²) in [6.07, 6.45) is -1.02. The van der Waals surface area contributed by atoms with Crippen LogP contribution in [0.3, 0.4) is 0 Å². The van der Waals surface area contributed by atoms with Crippen molar-refractivity contribution in [3.63, 3.8) is 0 Å². The number of esters is 1. The number of hydrogen-bond acceptors (Lipinski definition) is 6. The third kappa shape index (κ3) is 5.41. The summed E-state index contributed by atoms with van der Waals surface area (Å²) in [4.78, 5) is 25.1. The van der Waals surface area contributed by atoms with Crippen molar-refractivity contribution < 1.29 is 32.6 Å². The van der Waals surface area contributed by atoms with Crippen LogP contribution in [-0.2, 0) is 16.1 Å². The largest absolute Gasteiger partial charge is 0.493 e. The van der Waals surface area contributed by atoms with E-state index in [2.05, 4.69) is 10.1 Å². The van der Waals surface area contributed by atoms with E-state index in [9.17, 15) is 18.4 Å². The summed E-state index contributed by atoms with van der Waals surface area (Å²) >= 11 is 1.50. The van der Waals surface area contributed by atoms with Gasteiger partial charge in [0.05, 0.1) is 19.2 Å². The van der Waals surface area contributed by atoms with Crippen LogP contribution in [0.25, 0.3) is 0 Å². The molecule has 1 aromatic carbocycles. The van der Waals surface area contributed by atoms with Crippen LogP contribution in [0.2, 0.25) is 0 Å². The lowest BCUT2D eigenvalue weighted by Gasteiger charge is -2.14. The van der Waals surface area contributed by atoms with Gasteiger partial charge in [0.1, 0.15) is 0 Å². The highest BCUT2D eigenvalue weighted by Gasteiger charge is 2.20. The van der Waals surface area contributed by atoms with Crippen molar-refractivity contribution in [2.75, 3.05) is 7.11 Å². The number of nitrogens with one attached hydrogen (secondary N) is 1. The van der Waals surface area contributed by atoms with Gasteiger partial charge in [0.25, 0.3) is 5.91 Å². The van der Waals surface area contributed by atoms with E-state index in [0.29, 0.717) is 6.54 Å². The molecule has 0 aliphatic rings. The molecule has 9 heteroatoms. The Morgan fingerprint density at radius 1 is 1.23 bits per heavy atom. The summed E-state index contributed by atoms with van der Waals surface area (Å²) in [6, 6.07) is 7.36. The smallest absolute Gasteiger partial charge is 0.387 e. The van der Waals surface area contributed by atoms with Gasteiger partial charge in [-0.1, -0.05) is 6.07 Å². The number of carbonyl (C=O) groups excluding carboxylic acids is 2. The molecule has 1 N–H and O–H groups in total.